The van der Waals surface area contributed by atoms with Gasteiger partial charge in [-0.25, -0.2) is 4.68 Å². The Labute approximate surface area is 134 Å². The molecule has 0 spiro atoms. The highest BCUT2D eigenvalue weighted by molar-refractivity contribution is 5.95. The number of nitrogens with zero attached hydrogens (tertiary/aromatic N) is 3. The molecule has 0 radical (unpaired) electrons. The van der Waals surface area contributed by atoms with Gasteiger partial charge in [0.25, 0.3) is 5.91 Å². The van der Waals surface area contributed by atoms with Crippen molar-refractivity contribution in [1.29, 1.82) is 0 Å². The van der Waals surface area contributed by atoms with Gasteiger partial charge in [-0.15, -0.1) is 0 Å². The molecule has 2 aromatic rings. The molecule has 1 aliphatic rings. The van der Waals surface area contributed by atoms with Crippen molar-refractivity contribution >= 4 is 11.9 Å². The van der Waals surface area contributed by atoms with Crippen molar-refractivity contribution in [1.82, 2.24) is 14.7 Å². The lowest BCUT2D eigenvalue weighted by Crippen LogP contribution is -2.36. The van der Waals surface area contributed by atoms with E-state index in [0.29, 0.717) is 12.1 Å². The number of carboxylic acid groups (broad SMARTS) is 1. The van der Waals surface area contributed by atoms with Crippen molar-refractivity contribution in [2.45, 2.75) is 32.2 Å². The minimum absolute atomic E-state index is 0.0103. The van der Waals surface area contributed by atoms with Crippen LogP contribution in [0.1, 0.15) is 35.2 Å². The summed E-state index contributed by atoms with van der Waals surface area (Å²) in [6.07, 6.45) is 5.31. The average molecular weight is 313 g/mol. The average Bonchev–Trinajstić information content (AvgIpc) is 3.15. The third-order valence-electron chi connectivity index (χ3n) is 4.14. The quantitative estimate of drug-likeness (QED) is 0.939. The van der Waals surface area contributed by atoms with Crippen LogP contribution in [0.15, 0.2) is 36.7 Å². The maximum Gasteiger partial charge on any atom is 0.305 e. The molecule has 120 valence electrons. The molecule has 2 heterocycles. The van der Waals surface area contributed by atoms with Crippen molar-refractivity contribution in [2.24, 2.45) is 0 Å². The monoisotopic (exact) mass is 313 g/mol. The van der Waals surface area contributed by atoms with Crippen LogP contribution in [0.3, 0.4) is 0 Å². The summed E-state index contributed by atoms with van der Waals surface area (Å²) in [6.45, 7) is 2.59. The molecule has 0 saturated carbocycles. The zero-order valence-electron chi connectivity index (χ0n) is 13.0. The normalized spacial score (nSPS) is 17.4. The first kappa shape index (κ1) is 15.3. The molecule has 1 aromatic carbocycles. The minimum atomic E-state index is -0.862. The summed E-state index contributed by atoms with van der Waals surface area (Å²) in [5, 5.41) is 13.2. The molecule has 0 bridgehead atoms. The second-order valence-electron chi connectivity index (χ2n) is 5.90. The van der Waals surface area contributed by atoms with Gasteiger partial charge in [0.05, 0.1) is 18.3 Å². The molecule has 23 heavy (non-hydrogen) atoms. The molecule has 1 N–H and O–H groups in total. The highest BCUT2D eigenvalue weighted by Crippen LogP contribution is 2.23. The van der Waals surface area contributed by atoms with Crippen molar-refractivity contribution < 1.29 is 14.7 Å². The highest BCUT2D eigenvalue weighted by Gasteiger charge is 2.30. The van der Waals surface area contributed by atoms with Crippen LogP contribution in [-0.2, 0) is 4.79 Å². The predicted octanol–water partition coefficient (Wildman–Crippen LogP) is 2.26. The van der Waals surface area contributed by atoms with Crippen molar-refractivity contribution in [3.8, 4) is 5.69 Å². The molecule has 1 fully saturated rings. The topological polar surface area (TPSA) is 75.4 Å². The summed E-state index contributed by atoms with van der Waals surface area (Å²) in [7, 11) is 0. The Kier molecular flexibility index (Phi) is 4.14. The van der Waals surface area contributed by atoms with E-state index < -0.39 is 5.97 Å². The van der Waals surface area contributed by atoms with Crippen LogP contribution >= 0.6 is 0 Å². The van der Waals surface area contributed by atoms with Gasteiger partial charge in [0, 0.05) is 24.3 Å². The van der Waals surface area contributed by atoms with Crippen LogP contribution in [-0.4, -0.2) is 44.3 Å². The number of aliphatic carboxylic acids is 1. The number of aryl methyl sites for hydroxylation is 1. The van der Waals surface area contributed by atoms with Crippen molar-refractivity contribution in [3.05, 3.63) is 47.8 Å². The van der Waals surface area contributed by atoms with Crippen LogP contribution in [0.2, 0.25) is 0 Å². The zero-order chi connectivity index (χ0) is 16.4. The van der Waals surface area contributed by atoms with E-state index in [9.17, 15) is 9.59 Å². The van der Waals surface area contributed by atoms with Crippen LogP contribution in [0, 0.1) is 6.92 Å². The molecule has 3 rings (SSSR count). The van der Waals surface area contributed by atoms with Crippen LogP contribution in [0.4, 0.5) is 0 Å². The fraction of sp³-hybridized carbons (Fsp3) is 0.353. The molecular formula is C17H19N3O3. The van der Waals surface area contributed by atoms with Crippen LogP contribution in [0.25, 0.3) is 5.69 Å². The fourth-order valence-electron chi connectivity index (χ4n) is 2.99. The second kappa shape index (κ2) is 6.24. The van der Waals surface area contributed by atoms with Gasteiger partial charge in [-0.1, -0.05) is 0 Å². The smallest absolute Gasteiger partial charge is 0.305 e. The van der Waals surface area contributed by atoms with Crippen LogP contribution < -0.4 is 0 Å². The fourth-order valence-corrected chi connectivity index (χ4v) is 2.99. The molecule has 0 aliphatic carbocycles. The maximum absolute atomic E-state index is 12.6. The SMILES string of the molecule is Cc1cnn(-c2ccc(C(=O)N3CCCC3CC(=O)O)cc2)c1. The summed E-state index contributed by atoms with van der Waals surface area (Å²) in [6, 6.07) is 7.04. The number of amides is 1. The number of rotatable bonds is 4. The van der Waals surface area contributed by atoms with Gasteiger partial charge >= 0.3 is 5.97 Å². The van der Waals surface area contributed by atoms with Gasteiger partial charge in [0.15, 0.2) is 0 Å². The first-order chi connectivity index (χ1) is 11.0. The van der Waals surface area contributed by atoms with E-state index in [-0.39, 0.29) is 18.4 Å². The summed E-state index contributed by atoms with van der Waals surface area (Å²) in [5.74, 6) is -0.962. The number of hydrogen-bond acceptors (Lipinski definition) is 3. The number of benzene rings is 1. The summed E-state index contributed by atoms with van der Waals surface area (Å²) in [5.41, 5.74) is 2.53. The van der Waals surface area contributed by atoms with E-state index in [1.54, 1.807) is 27.9 Å². The Morgan fingerprint density at radius 2 is 2.04 bits per heavy atom. The van der Waals surface area contributed by atoms with Gasteiger partial charge in [-0.2, -0.15) is 5.10 Å². The molecule has 1 saturated heterocycles. The van der Waals surface area contributed by atoms with Gasteiger partial charge in [-0.05, 0) is 49.6 Å². The lowest BCUT2D eigenvalue weighted by atomic mass is 10.1. The zero-order valence-corrected chi connectivity index (χ0v) is 13.0. The Balaban J connectivity index is 1.76. The molecular weight excluding hydrogens is 294 g/mol. The lowest BCUT2D eigenvalue weighted by Gasteiger charge is -2.23. The van der Waals surface area contributed by atoms with E-state index in [0.717, 1.165) is 24.1 Å². The number of hydrogen-bond donors (Lipinski definition) is 1. The molecule has 1 atom stereocenters. The van der Waals surface area contributed by atoms with E-state index in [2.05, 4.69) is 5.10 Å². The minimum Gasteiger partial charge on any atom is -0.481 e. The summed E-state index contributed by atoms with van der Waals surface area (Å²) >= 11 is 0. The lowest BCUT2D eigenvalue weighted by molar-refractivity contribution is -0.137. The summed E-state index contributed by atoms with van der Waals surface area (Å²) in [4.78, 5) is 25.2. The number of likely N-dealkylation sites (tertiary alicyclic amines) is 1. The molecule has 6 heteroatoms. The van der Waals surface area contributed by atoms with E-state index in [4.69, 9.17) is 5.11 Å². The highest BCUT2D eigenvalue weighted by atomic mass is 16.4. The Bertz CT molecular complexity index is 721. The standard InChI is InChI=1S/C17H19N3O3/c1-12-10-18-20(11-12)14-6-4-13(5-7-14)17(23)19-8-2-3-15(19)9-16(21)22/h4-7,10-11,15H,2-3,8-9H2,1H3,(H,21,22). The van der Waals surface area contributed by atoms with E-state index in [1.165, 1.54) is 0 Å². The molecule has 1 unspecified atom stereocenters. The number of aromatic nitrogens is 2. The Morgan fingerprint density at radius 1 is 1.30 bits per heavy atom. The van der Waals surface area contributed by atoms with Crippen LogP contribution in [0.5, 0.6) is 0 Å². The molecule has 1 aliphatic heterocycles. The second-order valence-corrected chi connectivity index (χ2v) is 5.90. The molecule has 1 amide bonds. The third-order valence-corrected chi connectivity index (χ3v) is 4.14. The largest absolute Gasteiger partial charge is 0.481 e. The van der Waals surface area contributed by atoms with E-state index >= 15 is 0 Å². The Morgan fingerprint density at radius 3 is 2.65 bits per heavy atom. The van der Waals surface area contributed by atoms with Crippen molar-refractivity contribution in [3.63, 3.8) is 0 Å². The number of carbonyl (C=O) groups excluding carboxylic acids is 1. The Hall–Kier alpha value is -2.63. The third kappa shape index (κ3) is 3.26. The van der Waals surface area contributed by atoms with E-state index in [1.807, 2.05) is 25.3 Å². The first-order valence-corrected chi connectivity index (χ1v) is 7.69. The molecule has 6 nitrogen and oxygen atoms in total. The number of carbonyl (C=O) groups is 2. The predicted molar refractivity (Wildman–Crippen MR) is 84.6 cm³/mol. The van der Waals surface area contributed by atoms with Gasteiger partial charge in [0.1, 0.15) is 0 Å². The maximum atomic E-state index is 12.6. The summed E-state index contributed by atoms with van der Waals surface area (Å²) < 4.78 is 1.76. The van der Waals surface area contributed by atoms with Gasteiger partial charge < -0.3 is 10.0 Å². The van der Waals surface area contributed by atoms with Crippen molar-refractivity contribution in [2.75, 3.05) is 6.54 Å². The molecule has 1 aromatic heterocycles. The van der Waals surface area contributed by atoms with Gasteiger partial charge in [0.2, 0.25) is 0 Å². The first-order valence-electron chi connectivity index (χ1n) is 7.69. The van der Waals surface area contributed by atoms with Gasteiger partial charge in [-0.3, -0.25) is 9.59 Å². The number of carboxylic acids is 1.